The Kier molecular flexibility index (Phi) is 5.91. The average Bonchev–Trinajstić information content (AvgIpc) is 3.01. The number of nitrogens with two attached hydrogens (primary N) is 1. The summed E-state index contributed by atoms with van der Waals surface area (Å²) in [5.74, 6) is 0.416. The molecule has 1 saturated heterocycles. The number of halogens is 2. The second kappa shape index (κ2) is 8.16. The molecule has 0 unspecified atom stereocenters. The molecule has 3 N–H and O–H groups in total. The van der Waals surface area contributed by atoms with Gasteiger partial charge < -0.3 is 20.7 Å². The fourth-order valence-corrected chi connectivity index (χ4v) is 3.79. The van der Waals surface area contributed by atoms with Crippen molar-refractivity contribution >= 4 is 34.9 Å². The fraction of sp³-hybridized carbons (Fsp3) is 0.316. The molecule has 1 aliphatic rings. The van der Waals surface area contributed by atoms with Crippen molar-refractivity contribution < 1.29 is 9.53 Å². The molecule has 0 bridgehead atoms. The minimum atomic E-state index is -0.233. The van der Waals surface area contributed by atoms with Crippen molar-refractivity contribution in [2.75, 3.05) is 18.5 Å². The van der Waals surface area contributed by atoms with E-state index >= 15 is 0 Å². The van der Waals surface area contributed by atoms with Crippen molar-refractivity contribution in [1.29, 1.82) is 0 Å². The van der Waals surface area contributed by atoms with Crippen LogP contribution in [0.5, 0.6) is 5.75 Å². The van der Waals surface area contributed by atoms with Crippen molar-refractivity contribution in [1.82, 2.24) is 4.90 Å². The molecule has 2 atom stereocenters. The number of carbonyl (C=O) groups excluding carboxylic acids is 1. The van der Waals surface area contributed by atoms with Crippen molar-refractivity contribution in [2.45, 2.75) is 25.4 Å². The normalized spacial score (nSPS) is 19.5. The summed E-state index contributed by atoms with van der Waals surface area (Å²) in [6.07, 6.45) is 0.724. The molecule has 0 spiro atoms. The van der Waals surface area contributed by atoms with Gasteiger partial charge in [-0.15, -0.1) is 0 Å². The Morgan fingerprint density at radius 3 is 2.54 bits per heavy atom. The van der Waals surface area contributed by atoms with Gasteiger partial charge >= 0.3 is 6.03 Å². The first-order valence-corrected chi connectivity index (χ1v) is 9.25. The van der Waals surface area contributed by atoms with E-state index in [9.17, 15) is 4.79 Å². The van der Waals surface area contributed by atoms with Crippen LogP contribution in [-0.4, -0.2) is 30.1 Å². The van der Waals surface area contributed by atoms with Gasteiger partial charge in [0.2, 0.25) is 0 Å². The monoisotopic (exact) mass is 393 g/mol. The molecule has 2 aromatic rings. The lowest BCUT2D eigenvalue weighted by Crippen LogP contribution is -2.36. The Balaban J connectivity index is 1.79. The summed E-state index contributed by atoms with van der Waals surface area (Å²) in [5.41, 5.74) is 7.69. The van der Waals surface area contributed by atoms with Crippen LogP contribution in [0.3, 0.4) is 0 Å². The molecule has 0 saturated carbocycles. The third kappa shape index (κ3) is 4.06. The number of likely N-dealkylation sites (tertiary alicyclic amines) is 1. The van der Waals surface area contributed by atoms with Crippen LogP contribution in [0, 0.1) is 0 Å². The molecule has 26 heavy (non-hydrogen) atoms. The standard InChI is InChI=1S/C19H21Cl2N3O2/c1-2-26-18-15(20)9-14(10-16(18)21)23-19(25)24-11-13(22)8-17(24)12-6-4-3-5-7-12/h3-7,9-10,13,17H,2,8,11,22H2,1H3,(H,23,25)/t13-,17-/m0/s1. The zero-order valence-corrected chi connectivity index (χ0v) is 15.9. The summed E-state index contributed by atoms with van der Waals surface area (Å²) in [6, 6.07) is 12.8. The van der Waals surface area contributed by atoms with Gasteiger partial charge in [0.05, 0.1) is 22.7 Å². The lowest BCUT2D eigenvalue weighted by atomic mass is 10.0. The molecule has 2 amide bonds. The maximum absolute atomic E-state index is 12.8. The number of benzene rings is 2. The van der Waals surface area contributed by atoms with Crippen molar-refractivity contribution in [3.05, 3.63) is 58.1 Å². The smallest absolute Gasteiger partial charge is 0.322 e. The minimum absolute atomic E-state index is 0.0557. The third-order valence-electron chi connectivity index (χ3n) is 4.32. The lowest BCUT2D eigenvalue weighted by Gasteiger charge is -2.25. The average molecular weight is 394 g/mol. The number of hydrogen-bond acceptors (Lipinski definition) is 3. The summed E-state index contributed by atoms with van der Waals surface area (Å²) in [4.78, 5) is 14.6. The van der Waals surface area contributed by atoms with Crippen LogP contribution in [0.1, 0.15) is 24.9 Å². The summed E-state index contributed by atoms with van der Waals surface area (Å²) in [5, 5.41) is 3.57. The van der Waals surface area contributed by atoms with E-state index in [-0.39, 0.29) is 18.1 Å². The highest BCUT2D eigenvalue weighted by Gasteiger charge is 2.34. The molecule has 138 valence electrons. The molecule has 1 heterocycles. The van der Waals surface area contributed by atoms with Gasteiger partial charge in [0.15, 0.2) is 5.75 Å². The Bertz CT molecular complexity index is 763. The number of nitrogens with one attached hydrogen (secondary N) is 1. The summed E-state index contributed by atoms with van der Waals surface area (Å²) in [7, 11) is 0. The van der Waals surface area contributed by atoms with Gasteiger partial charge in [-0.2, -0.15) is 0 Å². The van der Waals surface area contributed by atoms with Gasteiger partial charge in [-0.05, 0) is 31.0 Å². The number of carbonyl (C=O) groups is 1. The van der Waals surface area contributed by atoms with E-state index in [0.29, 0.717) is 34.6 Å². The van der Waals surface area contributed by atoms with Gasteiger partial charge in [0.1, 0.15) is 0 Å². The topological polar surface area (TPSA) is 67.6 Å². The largest absolute Gasteiger partial charge is 0.491 e. The Morgan fingerprint density at radius 2 is 1.92 bits per heavy atom. The Hall–Kier alpha value is -1.95. The highest BCUT2D eigenvalue weighted by atomic mass is 35.5. The van der Waals surface area contributed by atoms with Gasteiger partial charge in [-0.3, -0.25) is 0 Å². The predicted molar refractivity (Wildman–Crippen MR) is 105 cm³/mol. The van der Waals surface area contributed by atoms with Crippen LogP contribution in [0.4, 0.5) is 10.5 Å². The van der Waals surface area contributed by atoms with E-state index in [4.69, 9.17) is 33.7 Å². The van der Waals surface area contributed by atoms with Gasteiger partial charge in [0.25, 0.3) is 0 Å². The number of anilines is 1. The van der Waals surface area contributed by atoms with E-state index in [1.165, 1.54) is 0 Å². The third-order valence-corrected chi connectivity index (χ3v) is 4.88. The number of amides is 2. The molecule has 7 heteroatoms. The minimum Gasteiger partial charge on any atom is -0.491 e. The number of hydrogen-bond donors (Lipinski definition) is 2. The second-order valence-electron chi connectivity index (χ2n) is 6.21. The highest BCUT2D eigenvalue weighted by molar-refractivity contribution is 6.37. The first kappa shape index (κ1) is 18.8. The predicted octanol–water partition coefficient (Wildman–Crippen LogP) is 4.70. The Morgan fingerprint density at radius 1 is 1.27 bits per heavy atom. The number of nitrogens with zero attached hydrogens (tertiary/aromatic N) is 1. The molecule has 1 fully saturated rings. The molecule has 3 rings (SSSR count). The lowest BCUT2D eigenvalue weighted by molar-refractivity contribution is 0.206. The van der Waals surface area contributed by atoms with Gasteiger partial charge in [-0.25, -0.2) is 4.79 Å². The molecular weight excluding hydrogens is 373 g/mol. The molecule has 2 aromatic carbocycles. The molecular formula is C19H21Cl2N3O2. The summed E-state index contributed by atoms with van der Waals surface area (Å²) in [6.45, 7) is 2.79. The van der Waals surface area contributed by atoms with Crippen molar-refractivity contribution in [2.24, 2.45) is 5.73 Å². The molecule has 1 aliphatic heterocycles. The molecule has 5 nitrogen and oxygen atoms in total. The SMILES string of the molecule is CCOc1c(Cl)cc(NC(=O)N2C[C@@H](N)C[C@H]2c2ccccc2)cc1Cl. The zero-order valence-electron chi connectivity index (χ0n) is 14.4. The fourth-order valence-electron chi connectivity index (χ4n) is 3.19. The maximum Gasteiger partial charge on any atom is 0.322 e. The molecule has 0 aromatic heterocycles. The summed E-state index contributed by atoms with van der Waals surface area (Å²) < 4.78 is 5.41. The zero-order chi connectivity index (χ0) is 18.7. The quantitative estimate of drug-likeness (QED) is 0.790. The number of urea groups is 1. The van der Waals surface area contributed by atoms with Crippen LogP contribution in [0.2, 0.25) is 10.0 Å². The van der Waals surface area contributed by atoms with Crippen LogP contribution < -0.4 is 15.8 Å². The van der Waals surface area contributed by atoms with Crippen LogP contribution in [-0.2, 0) is 0 Å². The van der Waals surface area contributed by atoms with Gasteiger partial charge in [0, 0.05) is 18.3 Å². The highest BCUT2D eigenvalue weighted by Crippen LogP contribution is 2.37. The molecule has 0 aliphatic carbocycles. The van der Waals surface area contributed by atoms with E-state index in [1.807, 2.05) is 37.3 Å². The Labute approximate surface area is 163 Å². The number of rotatable bonds is 4. The van der Waals surface area contributed by atoms with Gasteiger partial charge in [-0.1, -0.05) is 53.5 Å². The van der Waals surface area contributed by atoms with Crippen LogP contribution >= 0.6 is 23.2 Å². The van der Waals surface area contributed by atoms with Crippen molar-refractivity contribution in [3.8, 4) is 5.75 Å². The van der Waals surface area contributed by atoms with Crippen molar-refractivity contribution in [3.63, 3.8) is 0 Å². The maximum atomic E-state index is 12.8. The molecule has 0 radical (unpaired) electrons. The second-order valence-corrected chi connectivity index (χ2v) is 7.02. The first-order chi connectivity index (χ1) is 12.5. The van der Waals surface area contributed by atoms with E-state index < -0.39 is 0 Å². The van der Waals surface area contributed by atoms with Crippen LogP contribution in [0.25, 0.3) is 0 Å². The first-order valence-electron chi connectivity index (χ1n) is 8.49. The van der Waals surface area contributed by atoms with E-state index in [2.05, 4.69) is 5.32 Å². The van der Waals surface area contributed by atoms with E-state index in [1.54, 1.807) is 17.0 Å². The van der Waals surface area contributed by atoms with Crippen LogP contribution in [0.15, 0.2) is 42.5 Å². The van der Waals surface area contributed by atoms with E-state index in [0.717, 1.165) is 12.0 Å². The summed E-state index contributed by atoms with van der Waals surface area (Å²) >= 11 is 12.4. The number of ether oxygens (including phenoxy) is 1.